The average molecular weight is 497 g/mol. The molecular formula is C29H29FN6O. The first-order chi connectivity index (χ1) is 18.2. The van der Waals surface area contributed by atoms with E-state index < -0.39 is 0 Å². The summed E-state index contributed by atoms with van der Waals surface area (Å²) in [5.74, 6) is 0.496. The number of hydrogen-bond donors (Lipinski definition) is 0. The van der Waals surface area contributed by atoms with Crippen LogP contribution in [0.25, 0.3) is 10.8 Å². The minimum Gasteiger partial charge on any atom is -0.368 e. The van der Waals surface area contributed by atoms with E-state index in [-0.39, 0.29) is 11.7 Å². The smallest absolute Gasteiger partial charge is 0.275 e. The zero-order chi connectivity index (χ0) is 25.2. The maximum Gasteiger partial charge on any atom is 0.275 e. The minimum atomic E-state index is -0.200. The topological polar surface area (TPSA) is 55.8 Å². The van der Waals surface area contributed by atoms with E-state index in [9.17, 15) is 9.18 Å². The Hall–Kier alpha value is -4.20. The molecule has 0 bridgehead atoms. The highest BCUT2D eigenvalue weighted by Gasteiger charge is 2.27. The van der Waals surface area contributed by atoms with Crippen LogP contribution in [0.1, 0.15) is 10.5 Å². The lowest BCUT2D eigenvalue weighted by Crippen LogP contribution is -2.49. The first-order valence-electron chi connectivity index (χ1n) is 12.8. The number of amides is 1. The van der Waals surface area contributed by atoms with Gasteiger partial charge in [0.2, 0.25) is 0 Å². The molecule has 4 aromatic rings. The molecule has 2 saturated heterocycles. The Labute approximate surface area is 215 Å². The Morgan fingerprint density at radius 1 is 0.622 bits per heavy atom. The van der Waals surface area contributed by atoms with Crippen LogP contribution < -0.4 is 14.7 Å². The average Bonchev–Trinajstić information content (AvgIpc) is 2.97. The molecule has 0 unspecified atom stereocenters. The van der Waals surface area contributed by atoms with E-state index in [2.05, 4.69) is 37.0 Å². The van der Waals surface area contributed by atoms with E-state index >= 15 is 0 Å². The summed E-state index contributed by atoms with van der Waals surface area (Å²) in [4.78, 5) is 22.0. The molecule has 7 nitrogen and oxygen atoms in total. The molecule has 3 heterocycles. The third-order valence-corrected chi connectivity index (χ3v) is 7.33. The van der Waals surface area contributed by atoms with Crippen molar-refractivity contribution in [3.05, 3.63) is 90.4 Å². The number of anilines is 3. The summed E-state index contributed by atoms with van der Waals surface area (Å²) in [6.07, 6.45) is 0. The molecule has 37 heavy (non-hydrogen) atoms. The van der Waals surface area contributed by atoms with Crippen molar-refractivity contribution < 1.29 is 9.18 Å². The predicted octanol–water partition coefficient (Wildman–Crippen LogP) is 4.06. The first kappa shape index (κ1) is 23.2. The van der Waals surface area contributed by atoms with Gasteiger partial charge in [-0.2, -0.15) is 0 Å². The van der Waals surface area contributed by atoms with Gasteiger partial charge in [0.25, 0.3) is 5.91 Å². The number of carbonyl (C=O) groups excluding carboxylic acids is 1. The number of fused-ring (bicyclic) bond motifs is 1. The molecule has 0 aliphatic carbocycles. The maximum atomic E-state index is 14.3. The number of nitrogens with zero attached hydrogens (tertiary/aromatic N) is 6. The van der Waals surface area contributed by atoms with E-state index in [0.29, 0.717) is 50.6 Å². The van der Waals surface area contributed by atoms with Crippen molar-refractivity contribution in [1.82, 2.24) is 15.1 Å². The van der Waals surface area contributed by atoms with Gasteiger partial charge in [0.1, 0.15) is 5.82 Å². The lowest BCUT2D eigenvalue weighted by atomic mass is 10.1. The highest BCUT2D eigenvalue weighted by Crippen LogP contribution is 2.29. The van der Waals surface area contributed by atoms with Crippen LogP contribution in [0.4, 0.5) is 21.6 Å². The third kappa shape index (κ3) is 4.55. The fourth-order valence-electron chi connectivity index (χ4n) is 5.30. The van der Waals surface area contributed by atoms with E-state index in [0.717, 1.165) is 29.7 Å². The van der Waals surface area contributed by atoms with Crippen LogP contribution in [0, 0.1) is 5.82 Å². The highest BCUT2D eigenvalue weighted by molar-refractivity contribution is 6.07. The molecular weight excluding hydrogens is 467 g/mol. The summed E-state index contributed by atoms with van der Waals surface area (Å²) in [5, 5.41) is 10.7. The summed E-state index contributed by atoms with van der Waals surface area (Å²) in [6.45, 7) is 5.61. The van der Waals surface area contributed by atoms with Gasteiger partial charge in [-0.3, -0.25) is 4.79 Å². The first-order valence-corrected chi connectivity index (χ1v) is 12.8. The van der Waals surface area contributed by atoms with Crippen molar-refractivity contribution in [2.75, 3.05) is 67.1 Å². The molecule has 6 rings (SSSR count). The van der Waals surface area contributed by atoms with E-state index in [1.807, 2.05) is 59.5 Å². The normalized spacial score (nSPS) is 16.4. The van der Waals surface area contributed by atoms with E-state index in [1.165, 1.54) is 11.8 Å². The van der Waals surface area contributed by atoms with Gasteiger partial charge in [0.05, 0.1) is 5.69 Å². The van der Waals surface area contributed by atoms with Crippen molar-refractivity contribution in [2.24, 2.45) is 0 Å². The molecule has 1 aromatic heterocycles. The Morgan fingerprint density at radius 2 is 1.22 bits per heavy atom. The van der Waals surface area contributed by atoms with E-state index in [4.69, 9.17) is 0 Å². The molecule has 3 aromatic carbocycles. The molecule has 0 spiro atoms. The Bertz CT molecular complexity index is 1400. The molecule has 0 atom stereocenters. The number of para-hydroxylation sites is 2. The van der Waals surface area contributed by atoms with Gasteiger partial charge in [-0.15, -0.1) is 10.2 Å². The van der Waals surface area contributed by atoms with E-state index in [1.54, 1.807) is 6.07 Å². The SMILES string of the molecule is O=C(c1nnc(N2CCN(c3ccccc3F)CC2)c2ccccc12)N1CCN(c2ccccc2)CC1. The number of carbonyl (C=O) groups is 1. The fraction of sp³-hybridized carbons (Fsp3) is 0.276. The second-order valence-electron chi connectivity index (χ2n) is 9.46. The van der Waals surface area contributed by atoms with Crippen molar-refractivity contribution in [3.8, 4) is 0 Å². The van der Waals surface area contributed by atoms with Crippen LogP contribution >= 0.6 is 0 Å². The van der Waals surface area contributed by atoms with Gasteiger partial charge in [0.15, 0.2) is 11.5 Å². The van der Waals surface area contributed by atoms with Gasteiger partial charge in [-0.1, -0.05) is 54.6 Å². The Morgan fingerprint density at radius 3 is 1.95 bits per heavy atom. The van der Waals surface area contributed by atoms with Gasteiger partial charge in [0, 0.05) is 68.8 Å². The third-order valence-electron chi connectivity index (χ3n) is 7.33. The number of benzene rings is 3. The summed E-state index contributed by atoms with van der Waals surface area (Å²) in [5.41, 5.74) is 2.21. The van der Waals surface area contributed by atoms with Crippen LogP contribution in [0.15, 0.2) is 78.9 Å². The second-order valence-corrected chi connectivity index (χ2v) is 9.46. The molecule has 1 amide bonds. The second kappa shape index (κ2) is 10.0. The van der Waals surface area contributed by atoms with Crippen LogP contribution in [-0.4, -0.2) is 73.4 Å². The van der Waals surface area contributed by atoms with Crippen molar-refractivity contribution >= 4 is 33.9 Å². The lowest BCUT2D eigenvalue weighted by Gasteiger charge is -2.37. The summed E-state index contributed by atoms with van der Waals surface area (Å²) >= 11 is 0. The Balaban J connectivity index is 1.19. The molecule has 0 radical (unpaired) electrons. The monoisotopic (exact) mass is 496 g/mol. The molecule has 8 heteroatoms. The Kier molecular flexibility index (Phi) is 6.30. The standard InChI is InChI=1S/C29H29FN6O/c30-25-12-6-7-13-26(25)34-16-18-35(19-17-34)28-24-11-5-4-10-23(24)27(31-32-28)29(37)36-20-14-33(15-21-36)22-8-2-1-3-9-22/h1-13H,14-21H2. The van der Waals surface area contributed by atoms with Crippen molar-refractivity contribution in [2.45, 2.75) is 0 Å². The van der Waals surface area contributed by atoms with Crippen molar-refractivity contribution in [3.63, 3.8) is 0 Å². The molecule has 2 fully saturated rings. The molecule has 0 N–H and O–H groups in total. The summed E-state index contributed by atoms with van der Waals surface area (Å²) in [6, 6.07) is 25.1. The zero-order valence-corrected chi connectivity index (χ0v) is 20.6. The minimum absolute atomic E-state index is 0.0765. The van der Waals surface area contributed by atoms with Crippen molar-refractivity contribution in [1.29, 1.82) is 0 Å². The number of aromatic nitrogens is 2. The summed E-state index contributed by atoms with van der Waals surface area (Å²) in [7, 11) is 0. The van der Waals surface area contributed by atoms with Gasteiger partial charge in [-0.25, -0.2) is 4.39 Å². The van der Waals surface area contributed by atoms with Crippen LogP contribution in [0.2, 0.25) is 0 Å². The quantitative estimate of drug-likeness (QED) is 0.425. The van der Waals surface area contributed by atoms with Crippen LogP contribution in [-0.2, 0) is 0 Å². The molecule has 2 aliphatic heterocycles. The number of piperazine rings is 2. The molecule has 2 aliphatic rings. The fourth-order valence-corrected chi connectivity index (χ4v) is 5.30. The number of halogens is 1. The largest absolute Gasteiger partial charge is 0.368 e. The zero-order valence-electron chi connectivity index (χ0n) is 20.6. The van der Waals surface area contributed by atoms with Gasteiger partial charge in [-0.05, 0) is 24.3 Å². The predicted molar refractivity (Wildman–Crippen MR) is 145 cm³/mol. The van der Waals surface area contributed by atoms with Crippen LogP contribution in [0.5, 0.6) is 0 Å². The van der Waals surface area contributed by atoms with Gasteiger partial charge >= 0.3 is 0 Å². The number of hydrogen-bond acceptors (Lipinski definition) is 6. The molecule has 0 saturated carbocycles. The lowest BCUT2D eigenvalue weighted by molar-refractivity contribution is 0.0742. The van der Waals surface area contributed by atoms with Gasteiger partial charge < -0.3 is 19.6 Å². The maximum absolute atomic E-state index is 14.3. The van der Waals surface area contributed by atoms with Crippen LogP contribution in [0.3, 0.4) is 0 Å². The summed E-state index contributed by atoms with van der Waals surface area (Å²) < 4.78 is 14.3. The molecule has 188 valence electrons. The number of rotatable bonds is 4. The highest BCUT2D eigenvalue weighted by atomic mass is 19.1.